The van der Waals surface area contributed by atoms with Crippen molar-refractivity contribution in [1.29, 1.82) is 0 Å². The van der Waals surface area contributed by atoms with E-state index in [2.05, 4.69) is 4.98 Å². The van der Waals surface area contributed by atoms with Crippen LogP contribution in [0.1, 0.15) is 16.8 Å². The minimum Gasteiger partial charge on any atom is -0.506 e. The lowest BCUT2D eigenvalue weighted by Gasteiger charge is -2.08. The van der Waals surface area contributed by atoms with Gasteiger partial charge in [0.05, 0.1) is 24.5 Å². The molecule has 0 atom stereocenters. The van der Waals surface area contributed by atoms with Crippen LogP contribution in [0, 0.1) is 6.92 Å². The van der Waals surface area contributed by atoms with Gasteiger partial charge in [0.2, 0.25) is 0 Å². The first-order chi connectivity index (χ1) is 6.11. The van der Waals surface area contributed by atoms with Gasteiger partial charge in [0.1, 0.15) is 5.75 Å². The van der Waals surface area contributed by atoms with Gasteiger partial charge in [-0.05, 0) is 6.92 Å². The van der Waals surface area contributed by atoms with E-state index < -0.39 is 18.8 Å². The highest BCUT2D eigenvalue weighted by molar-refractivity contribution is 5.39. The molecule has 0 saturated carbocycles. The smallest absolute Gasteiger partial charge is 0.254 e. The number of H-pyrrole nitrogens is 1. The van der Waals surface area contributed by atoms with Crippen LogP contribution in [0.3, 0.4) is 0 Å². The van der Waals surface area contributed by atoms with Crippen LogP contribution < -0.4 is 5.56 Å². The molecule has 72 valence electrons. The number of aliphatic hydroxyl groups excluding tert-OH is 2. The number of aromatic amines is 1. The van der Waals surface area contributed by atoms with Gasteiger partial charge in [0.25, 0.3) is 5.56 Å². The predicted molar refractivity (Wildman–Crippen MR) is 45.3 cm³/mol. The van der Waals surface area contributed by atoms with E-state index in [-0.39, 0.29) is 22.6 Å². The molecule has 0 aliphatic carbocycles. The number of rotatable bonds is 2. The van der Waals surface area contributed by atoms with Crippen LogP contribution in [0.25, 0.3) is 0 Å². The Morgan fingerprint density at radius 3 is 2.23 bits per heavy atom. The van der Waals surface area contributed by atoms with Gasteiger partial charge < -0.3 is 20.3 Å². The van der Waals surface area contributed by atoms with Crippen molar-refractivity contribution in [2.45, 2.75) is 20.1 Å². The maximum atomic E-state index is 11.2. The van der Waals surface area contributed by atoms with Crippen LogP contribution in [-0.4, -0.2) is 20.3 Å². The van der Waals surface area contributed by atoms with Crippen molar-refractivity contribution in [2.75, 3.05) is 0 Å². The molecule has 1 aromatic heterocycles. The van der Waals surface area contributed by atoms with E-state index in [1.165, 1.54) is 6.92 Å². The Morgan fingerprint density at radius 2 is 1.77 bits per heavy atom. The van der Waals surface area contributed by atoms with Gasteiger partial charge in [-0.2, -0.15) is 0 Å². The quantitative estimate of drug-likeness (QED) is 0.493. The van der Waals surface area contributed by atoms with Crippen molar-refractivity contribution in [1.82, 2.24) is 4.98 Å². The second-order valence-corrected chi connectivity index (χ2v) is 2.70. The van der Waals surface area contributed by atoms with Crippen molar-refractivity contribution in [2.24, 2.45) is 0 Å². The molecule has 0 aliphatic heterocycles. The predicted octanol–water partition coefficient (Wildman–Crippen LogP) is -0.626. The van der Waals surface area contributed by atoms with Crippen molar-refractivity contribution in [3.63, 3.8) is 0 Å². The summed E-state index contributed by atoms with van der Waals surface area (Å²) in [6.45, 7) is 0.544. The topological polar surface area (TPSA) is 93.6 Å². The van der Waals surface area contributed by atoms with Crippen LogP contribution in [0.4, 0.5) is 0 Å². The highest BCUT2D eigenvalue weighted by atomic mass is 16.3. The molecule has 1 heterocycles. The minimum atomic E-state index is -0.501. The molecule has 0 radical (unpaired) electrons. The fourth-order valence-electron chi connectivity index (χ4n) is 1.15. The fourth-order valence-corrected chi connectivity index (χ4v) is 1.15. The van der Waals surface area contributed by atoms with Crippen LogP contribution >= 0.6 is 0 Å². The van der Waals surface area contributed by atoms with Gasteiger partial charge in [-0.3, -0.25) is 4.79 Å². The lowest BCUT2D eigenvalue weighted by molar-refractivity contribution is 0.253. The van der Waals surface area contributed by atoms with Gasteiger partial charge in [0, 0.05) is 5.56 Å². The number of hydrogen-bond donors (Lipinski definition) is 4. The highest BCUT2D eigenvalue weighted by Gasteiger charge is 2.12. The van der Waals surface area contributed by atoms with Crippen LogP contribution in [-0.2, 0) is 13.2 Å². The maximum absolute atomic E-state index is 11.2. The lowest BCUT2D eigenvalue weighted by Crippen LogP contribution is -2.17. The third kappa shape index (κ3) is 1.56. The molecule has 0 spiro atoms. The van der Waals surface area contributed by atoms with Crippen molar-refractivity contribution in [3.8, 4) is 5.75 Å². The molecule has 0 amide bonds. The number of aryl methyl sites for hydroxylation is 1. The zero-order valence-corrected chi connectivity index (χ0v) is 7.16. The molecule has 5 heteroatoms. The third-order valence-corrected chi connectivity index (χ3v) is 1.90. The molecule has 0 aromatic carbocycles. The largest absolute Gasteiger partial charge is 0.506 e. The minimum absolute atomic E-state index is 0.00519. The zero-order valence-electron chi connectivity index (χ0n) is 7.16. The number of pyridine rings is 1. The molecular weight excluding hydrogens is 174 g/mol. The van der Waals surface area contributed by atoms with E-state index in [1.54, 1.807) is 0 Å². The van der Waals surface area contributed by atoms with Crippen molar-refractivity contribution >= 4 is 0 Å². The van der Waals surface area contributed by atoms with Crippen LogP contribution in [0.2, 0.25) is 0 Å². The first-order valence-electron chi connectivity index (χ1n) is 3.77. The Morgan fingerprint density at radius 1 is 1.23 bits per heavy atom. The Bertz CT molecular complexity index is 369. The Labute approximate surface area is 74.3 Å². The monoisotopic (exact) mass is 185 g/mol. The van der Waals surface area contributed by atoms with Crippen LogP contribution in [0.15, 0.2) is 4.79 Å². The van der Waals surface area contributed by atoms with Crippen LogP contribution in [0.5, 0.6) is 5.75 Å². The van der Waals surface area contributed by atoms with Gasteiger partial charge in [-0.1, -0.05) is 0 Å². The number of aromatic hydroxyl groups is 1. The van der Waals surface area contributed by atoms with E-state index in [0.29, 0.717) is 0 Å². The molecule has 0 saturated heterocycles. The molecule has 13 heavy (non-hydrogen) atoms. The summed E-state index contributed by atoms with van der Waals surface area (Å²) < 4.78 is 0. The molecular formula is C8H11NO4. The summed E-state index contributed by atoms with van der Waals surface area (Å²) in [4.78, 5) is 13.5. The summed E-state index contributed by atoms with van der Waals surface area (Å²) >= 11 is 0. The first kappa shape index (κ1) is 9.76. The van der Waals surface area contributed by atoms with Gasteiger partial charge in [0.15, 0.2) is 0 Å². The molecule has 0 unspecified atom stereocenters. The summed E-state index contributed by atoms with van der Waals surface area (Å²) in [5, 5.41) is 27.1. The first-order valence-corrected chi connectivity index (χ1v) is 3.77. The summed E-state index contributed by atoms with van der Waals surface area (Å²) in [6, 6.07) is 0. The van der Waals surface area contributed by atoms with Crippen molar-refractivity contribution < 1.29 is 15.3 Å². The lowest BCUT2D eigenvalue weighted by atomic mass is 10.1. The van der Waals surface area contributed by atoms with Crippen molar-refractivity contribution in [3.05, 3.63) is 27.2 Å². The van der Waals surface area contributed by atoms with Gasteiger partial charge >= 0.3 is 0 Å². The van der Waals surface area contributed by atoms with E-state index in [9.17, 15) is 9.90 Å². The maximum Gasteiger partial charge on any atom is 0.254 e. The van der Waals surface area contributed by atoms with E-state index in [4.69, 9.17) is 10.2 Å². The standard InChI is InChI=1S/C8H11NO4/c1-4-7(12)5(2-10)6(3-11)8(13)9-4/h10-12H,2-3H2,1H3,(H,9,13). The Hall–Kier alpha value is -1.33. The van der Waals surface area contributed by atoms with E-state index in [0.717, 1.165) is 0 Å². The van der Waals surface area contributed by atoms with Gasteiger partial charge in [-0.25, -0.2) is 0 Å². The van der Waals surface area contributed by atoms with E-state index in [1.807, 2.05) is 0 Å². The SMILES string of the molecule is Cc1[nH]c(=O)c(CO)c(CO)c1O. The molecule has 1 rings (SSSR count). The Balaban J connectivity index is 3.51. The zero-order chi connectivity index (χ0) is 10.0. The number of hydrogen-bond acceptors (Lipinski definition) is 4. The molecule has 0 fully saturated rings. The third-order valence-electron chi connectivity index (χ3n) is 1.90. The van der Waals surface area contributed by atoms with E-state index >= 15 is 0 Å². The summed E-state index contributed by atoms with van der Waals surface area (Å²) in [6.07, 6.45) is 0. The average molecular weight is 185 g/mol. The molecule has 4 N–H and O–H groups in total. The van der Waals surface area contributed by atoms with Gasteiger partial charge in [-0.15, -0.1) is 0 Å². The Kier molecular flexibility index (Phi) is 2.69. The molecule has 1 aromatic rings. The summed E-state index contributed by atoms with van der Waals surface area (Å²) in [7, 11) is 0. The fraction of sp³-hybridized carbons (Fsp3) is 0.375. The highest BCUT2D eigenvalue weighted by Crippen LogP contribution is 2.20. The molecule has 0 aliphatic rings. The summed E-state index contributed by atoms with van der Waals surface area (Å²) in [5.41, 5.74) is -0.109. The molecule has 0 bridgehead atoms. The second-order valence-electron chi connectivity index (χ2n) is 2.70. The summed E-state index contributed by atoms with van der Waals surface area (Å²) in [5.74, 6) is -0.175. The average Bonchev–Trinajstić information content (AvgIpc) is 2.10. The number of nitrogens with one attached hydrogen (secondary N) is 1. The molecule has 5 nitrogen and oxygen atoms in total. The number of aliphatic hydroxyl groups is 2. The number of aromatic nitrogens is 1. The second kappa shape index (κ2) is 3.59. The normalized spacial score (nSPS) is 10.4.